The molecule has 0 saturated heterocycles. The number of carbonyl (C=O) groups excluding carboxylic acids is 1. The second kappa shape index (κ2) is 9.48. The highest BCUT2D eigenvalue weighted by Gasteiger charge is 2.12. The first kappa shape index (κ1) is 20.1. The molecule has 1 atom stereocenters. The molecule has 1 unspecified atom stereocenters. The number of nitrogens with one attached hydrogen (secondary N) is 1. The van der Waals surface area contributed by atoms with E-state index < -0.39 is 0 Å². The molecule has 0 aromatic heterocycles. The van der Waals surface area contributed by atoms with E-state index >= 15 is 0 Å². The van der Waals surface area contributed by atoms with Gasteiger partial charge in [0.2, 0.25) is 0 Å². The third-order valence-corrected chi connectivity index (χ3v) is 4.80. The van der Waals surface area contributed by atoms with E-state index in [9.17, 15) is 4.79 Å². The van der Waals surface area contributed by atoms with Gasteiger partial charge in [0, 0.05) is 6.07 Å². The van der Waals surface area contributed by atoms with E-state index in [-0.39, 0.29) is 12.5 Å². The highest BCUT2D eigenvalue weighted by molar-refractivity contribution is 9.10. The summed E-state index contributed by atoms with van der Waals surface area (Å²) < 4.78 is 16.9. The number of benzene rings is 2. The predicted molar refractivity (Wildman–Crippen MR) is 107 cm³/mol. The number of carbonyl (C=O) groups is 1. The minimum absolute atomic E-state index is 0.109. The van der Waals surface area contributed by atoms with Crippen LogP contribution in [0.2, 0.25) is 0 Å². The molecule has 0 saturated carbocycles. The molecular weight excluding hydrogens is 398 g/mol. The second-order valence-electron chi connectivity index (χ2n) is 5.90. The van der Waals surface area contributed by atoms with Gasteiger partial charge in [0.15, 0.2) is 6.61 Å². The van der Waals surface area contributed by atoms with Gasteiger partial charge in [-0.05, 0) is 58.1 Å². The van der Waals surface area contributed by atoms with Crippen molar-refractivity contribution in [2.45, 2.75) is 26.2 Å². The molecule has 2 aromatic carbocycles. The Labute approximate surface area is 162 Å². The number of amides is 1. The Hall–Kier alpha value is -2.21. The van der Waals surface area contributed by atoms with Crippen molar-refractivity contribution in [2.75, 3.05) is 26.1 Å². The Balaban J connectivity index is 2.01. The van der Waals surface area contributed by atoms with Crippen molar-refractivity contribution in [3.8, 4) is 17.2 Å². The van der Waals surface area contributed by atoms with Crippen molar-refractivity contribution in [3.05, 3.63) is 46.4 Å². The van der Waals surface area contributed by atoms with Crippen LogP contribution < -0.4 is 19.5 Å². The molecule has 0 aliphatic carbocycles. The maximum absolute atomic E-state index is 12.2. The number of halogens is 1. The molecule has 0 bridgehead atoms. The number of anilines is 1. The molecule has 26 heavy (non-hydrogen) atoms. The van der Waals surface area contributed by atoms with Crippen molar-refractivity contribution in [3.63, 3.8) is 0 Å². The van der Waals surface area contributed by atoms with Crippen LogP contribution in [0.5, 0.6) is 17.2 Å². The summed E-state index contributed by atoms with van der Waals surface area (Å²) in [5.41, 5.74) is 1.77. The monoisotopic (exact) mass is 421 g/mol. The first-order valence-corrected chi connectivity index (χ1v) is 9.21. The normalized spacial score (nSPS) is 11.6. The van der Waals surface area contributed by atoms with Crippen LogP contribution in [0.1, 0.15) is 31.7 Å². The Morgan fingerprint density at radius 3 is 2.46 bits per heavy atom. The molecule has 6 heteroatoms. The largest absolute Gasteiger partial charge is 0.497 e. The van der Waals surface area contributed by atoms with Crippen LogP contribution in [0.15, 0.2) is 40.9 Å². The Kier molecular flexibility index (Phi) is 7.33. The number of rotatable bonds is 8. The van der Waals surface area contributed by atoms with Gasteiger partial charge in [-0.15, -0.1) is 0 Å². The fraction of sp³-hybridized carbons (Fsp3) is 0.350. The number of methoxy groups -OCH3 is 2. The zero-order valence-electron chi connectivity index (χ0n) is 15.5. The van der Waals surface area contributed by atoms with E-state index in [1.165, 1.54) is 5.56 Å². The number of hydrogen-bond donors (Lipinski definition) is 1. The molecule has 0 heterocycles. The van der Waals surface area contributed by atoms with Crippen LogP contribution in [0.4, 0.5) is 5.69 Å². The Morgan fingerprint density at radius 2 is 1.85 bits per heavy atom. The summed E-state index contributed by atoms with van der Waals surface area (Å²) in [7, 11) is 3.11. The molecule has 1 amide bonds. The lowest BCUT2D eigenvalue weighted by Gasteiger charge is -2.14. The van der Waals surface area contributed by atoms with Crippen molar-refractivity contribution >= 4 is 27.5 Å². The van der Waals surface area contributed by atoms with Gasteiger partial charge in [-0.3, -0.25) is 4.79 Å². The first-order chi connectivity index (χ1) is 12.5. The third kappa shape index (κ3) is 5.14. The lowest BCUT2D eigenvalue weighted by atomic mass is 9.99. The first-order valence-electron chi connectivity index (χ1n) is 8.42. The summed E-state index contributed by atoms with van der Waals surface area (Å²) in [5.74, 6) is 2.01. The van der Waals surface area contributed by atoms with E-state index in [0.717, 1.165) is 10.9 Å². The summed E-state index contributed by atoms with van der Waals surface area (Å²) in [6.45, 7) is 4.22. The van der Waals surface area contributed by atoms with Gasteiger partial charge in [0.25, 0.3) is 5.91 Å². The van der Waals surface area contributed by atoms with Crippen LogP contribution in [0, 0.1) is 0 Å². The van der Waals surface area contributed by atoms with E-state index in [0.29, 0.717) is 28.9 Å². The standard InChI is InChI=1S/C20H24BrNO4/c1-5-13(2)14-6-8-18(16(21)10-14)26-12-20(23)22-17-11-15(24-3)7-9-19(17)25-4/h6-11,13H,5,12H2,1-4H3,(H,22,23). The zero-order chi connectivity index (χ0) is 19.1. The average molecular weight is 422 g/mol. The van der Waals surface area contributed by atoms with E-state index in [1.807, 2.05) is 18.2 Å². The van der Waals surface area contributed by atoms with Crippen LogP contribution in [0.3, 0.4) is 0 Å². The number of ether oxygens (including phenoxy) is 3. The molecule has 0 aliphatic rings. The van der Waals surface area contributed by atoms with Crippen LogP contribution >= 0.6 is 15.9 Å². The number of hydrogen-bond acceptors (Lipinski definition) is 4. The molecule has 2 rings (SSSR count). The molecule has 0 spiro atoms. The minimum Gasteiger partial charge on any atom is -0.497 e. The van der Waals surface area contributed by atoms with Gasteiger partial charge in [-0.1, -0.05) is 19.9 Å². The van der Waals surface area contributed by atoms with E-state index in [1.54, 1.807) is 32.4 Å². The van der Waals surface area contributed by atoms with Crippen LogP contribution in [-0.2, 0) is 4.79 Å². The molecule has 0 fully saturated rings. The molecular formula is C20H24BrNO4. The lowest BCUT2D eigenvalue weighted by molar-refractivity contribution is -0.118. The quantitative estimate of drug-likeness (QED) is 0.651. The van der Waals surface area contributed by atoms with E-state index in [4.69, 9.17) is 14.2 Å². The van der Waals surface area contributed by atoms with Crippen molar-refractivity contribution in [1.29, 1.82) is 0 Å². The summed E-state index contributed by atoms with van der Waals surface area (Å²) in [5, 5.41) is 2.78. The summed E-state index contributed by atoms with van der Waals surface area (Å²) in [6, 6.07) is 11.1. The fourth-order valence-corrected chi connectivity index (χ4v) is 2.93. The maximum atomic E-state index is 12.2. The molecule has 1 N–H and O–H groups in total. The minimum atomic E-state index is -0.283. The second-order valence-corrected chi connectivity index (χ2v) is 6.76. The van der Waals surface area contributed by atoms with E-state index in [2.05, 4.69) is 35.1 Å². The molecule has 5 nitrogen and oxygen atoms in total. The molecule has 0 aliphatic heterocycles. The zero-order valence-corrected chi connectivity index (χ0v) is 17.1. The molecule has 2 aromatic rings. The van der Waals surface area contributed by atoms with Crippen LogP contribution in [-0.4, -0.2) is 26.7 Å². The average Bonchev–Trinajstić information content (AvgIpc) is 2.66. The Bertz CT molecular complexity index is 763. The van der Waals surface area contributed by atoms with Crippen molar-refractivity contribution in [2.24, 2.45) is 0 Å². The highest BCUT2D eigenvalue weighted by Crippen LogP contribution is 2.31. The predicted octanol–water partition coefficient (Wildman–Crippen LogP) is 5.00. The van der Waals surface area contributed by atoms with Crippen LogP contribution in [0.25, 0.3) is 0 Å². The molecule has 0 radical (unpaired) electrons. The Morgan fingerprint density at radius 1 is 1.12 bits per heavy atom. The van der Waals surface area contributed by atoms with Gasteiger partial charge in [-0.2, -0.15) is 0 Å². The van der Waals surface area contributed by atoms with Crippen molar-refractivity contribution < 1.29 is 19.0 Å². The topological polar surface area (TPSA) is 56.8 Å². The SMILES string of the molecule is CCC(C)c1ccc(OCC(=O)Nc2cc(OC)ccc2OC)c(Br)c1. The van der Waals surface area contributed by atoms with Gasteiger partial charge >= 0.3 is 0 Å². The summed E-state index contributed by atoms with van der Waals surface area (Å²) in [6.07, 6.45) is 1.07. The van der Waals surface area contributed by atoms with Gasteiger partial charge in [-0.25, -0.2) is 0 Å². The third-order valence-electron chi connectivity index (χ3n) is 4.18. The van der Waals surface area contributed by atoms with Gasteiger partial charge < -0.3 is 19.5 Å². The molecule has 140 valence electrons. The highest BCUT2D eigenvalue weighted by atomic mass is 79.9. The summed E-state index contributed by atoms with van der Waals surface area (Å²) in [4.78, 5) is 12.2. The smallest absolute Gasteiger partial charge is 0.262 e. The fourth-order valence-electron chi connectivity index (χ4n) is 2.42. The van der Waals surface area contributed by atoms with Crippen molar-refractivity contribution in [1.82, 2.24) is 0 Å². The van der Waals surface area contributed by atoms with Gasteiger partial charge in [0.05, 0.1) is 24.4 Å². The maximum Gasteiger partial charge on any atom is 0.262 e. The lowest BCUT2D eigenvalue weighted by Crippen LogP contribution is -2.20. The summed E-state index contributed by atoms with van der Waals surface area (Å²) >= 11 is 3.51. The van der Waals surface area contributed by atoms with Gasteiger partial charge in [0.1, 0.15) is 17.2 Å².